The largest absolute Gasteiger partial charge is 0.354 e. The van der Waals surface area contributed by atoms with Gasteiger partial charge in [0.1, 0.15) is 16.8 Å². The van der Waals surface area contributed by atoms with E-state index in [4.69, 9.17) is 11.6 Å². The Bertz CT molecular complexity index is 894. The van der Waals surface area contributed by atoms with Crippen molar-refractivity contribution in [1.82, 2.24) is 15.0 Å². The zero-order valence-corrected chi connectivity index (χ0v) is 15.8. The van der Waals surface area contributed by atoms with Gasteiger partial charge in [0.2, 0.25) is 0 Å². The van der Waals surface area contributed by atoms with Gasteiger partial charge in [0.25, 0.3) is 0 Å². The Balaban J connectivity index is 1.75. The Kier molecular flexibility index (Phi) is 5.01. The van der Waals surface area contributed by atoms with Gasteiger partial charge >= 0.3 is 0 Å². The molecule has 3 rings (SSSR count). The van der Waals surface area contributed by atoms with E-state index in [9.17, 15) is 0 Å². The van der Waals surface area contributed by atoms with Crippen molar-refractivity contribution in [3.8, 4) is 0 Å². The summed E-state index contributed by atoms with van der Waals surface area (Å²) in [6.45, 7) is 10.1. The van der Waals surface area contributed by atoms with E-state index in [2.05, 4.69) is 58.1 Å². The molecule has 25 heavy (non-hydrogen) atoms. The standard InChI is InChI=1S/C18H18ClN5S/c1-10-6-5-7-11(2)17(10)21-12(3)14-9-20-18(25-14)24-16-8-15(19)22-13(4)23-16/h5-9,21H,3H2,1-2,4H3,(H,20,22,23,24). The molecule has 0 saturated carbocycles. The number of nitrogens with one attached hydrogen (secondary N) is 2. The van der Waals surface area contributed by atoms with Crippen molar-refractivity contribution in [2.45, 2.75) is 20.8 Å². The SMILES string of the molecule is C=C(Nc1c(C)cccc1C)c1cnc(Nc2cc(Cl)nc(C)n2)s1. The van der Waals surface area contributed by atoms with E-state index in [1.165, 1.54) is 22.5 Å². The van der Waals surface area contributed by atoms with Crippen LogP contribution in [0.3, 0.4) is 0 Å². The number of anilines is 3. The molecule has 0 bridgehead atoms. The van der Waals surface area contributed by atoms with Crippen molar-refractivity contribution < 1.29 is 0 Å². The second-order valence-electron chi connectivity index (χ2n) is 5.65. The van der Waals surface area contributed by atoms with Crippen LogP contribution in [0.25, 0.3) is 5.70 Å². The first-order valence-electron chi connectivity index (χ1n) is 7.69. The summed E-state index contributed by atoms with van der Waals surface area (Å²) in [6, 6.07) is 7.86. The average Bonchev–Trinajstić information content (AvgIpc) is 2.98. The summed E-state index contributed by atoms with van der Waals surface area (Å²) in [6.07, 6.45) is 1.78. The van der Waals surface area contributed by atoms with Crippen molar-refractivity contribution in [3.63, 3.8) is 0 Å². The highest BCUT2D eigenvalue weighted by molar-refractivity contribution is 7.16. The number of nitrogens with zero attached hydrogens (tertiary/aromatic N) is 3. The third-order valence-electron chi connectivity index (χ3n) is 3.60. The third-order valence-corrected chi connectivity index (χ3v) is 4.77. The van der Waals surface area contributed by atoms with Gasteiger partial charge in [-0.15, -0.1) is 0 Å². The molecule has 0 unspecified atom stereocenters. The van der Waals surface area contributed by atoms with Crippen LogP contribution in [0.2, 0.25) is 5.15 Å². The third kappa shape index (κ3) is 4.15. The van der Waals surface area contributed by atoms with Crippen molar-refractivity contribution in [2.75, 3.05) is 10.6 Å². The summed E-state index contributed by atoms with van der Waals surface area (Å²) in [5.74, 6) is 1.22. The van der Waals surface area contributed by atoms with E-state index < -0.39 is 0 Å². The summed E-state index contributed by atoms with van der Waals surface area (Å²) in [5.41, 5.74) is 4.23. The molecule has 5 nitrogen and oxygen atoms in total. The van der Waals surface area contributed by atoms with Crippen LogP contribution in [0.4, 0.5) is 16.6 Å². The molecular formula is C18H18ClN5S. The summed E-state index contributed by atoms with van der Waals surface area (Å²) in [4.78, 5) is 13.7. The minimum absolute atomic E-state index is 0.396. The summed E-state index contributed by atoms with van der Waals surface area (Å²) >= 11 is 7.45. The lowest BCUT2D eigenvalue weighted by atomic mass is 10.1. The molecule has 2 N–H and O–H groups in total. The molecule has 7 heteroatoms. The van der Waals surface area contributed by atoms with Gasteiger partial charge in [-0.1, -0.05) is 47.7 Å². The van der Waals surface area contributed by atoms with Gasteiger partial charge in [0, 0.05) is 18.0 Å². The van der Waals surface area contributed by atoms with Crippen LogP contribution in [0.1, 0.15) is 21.8 Å². The molecule has 2 heterocycles. The molecule has 0 atom stereocenters. The average molecular weight is 372 g/mol. The second-order valence-corrected chi connectivity index (χ2v) is 7.07. The molecule has 3 aromatic rings. The van der Waals surface area contributed by atoms with Crippen LogP contribution in [-0.4, -0.2) is 15.0 Å². The highest BCUT2D eigenvalue weighted by Gasteiger charge is 2.10. The number of hydrogen-bond donors (Lipinski definition) is 2. The second kappa shape index (κ2) is 7.21. The van der Waals surface area contributed by atoms with Gasteiger partial charge < -0.3 is 10.6 Å². The Morgan fingerprint density at radius 2 is 1.88 bits per heavy atom. The first kappa shape index (κ1) is 17.4. The Hall–Kier alpha value is -2.44. The fraction of sp³-hybridized carbons (Fsp3) is 0.167. The Labute approximate surface area is 155 Å². The van der Waals surface area contributed by atoms with Crippen LogP contribution in [0.15, 0.2) is 37.0 Å². The molecule has 0 fully saturated rings. The predicted molar refractivity (Wildman–Crippen MR) is 106 cm³/mol. The zero-order chi connectivity index (χ0) is 18.0. The number of halogens is 1. The highest BCUT2D eigenvalue weighted by Crippen LogP contribution is 2.29. The quantitative estimate of drug-likeness (QED) is 0.593. The zero-order valence-electron chi connectivity index (χ0n) is 14.2. The number of benzene rings is 1. The van der Waals surface area contributed by atoms with E-state index in [1.807, 2.05) is 6.07 Å². The number of thiazole rings is 1. The lowest BCUT2D eigenvalue weighted by Gasteiger charge is -2.13. The molecule has 2 aromatic heterocycles. The maximum absolute atomic E-state index is 5.96. The molecule has 0 aliphatic heterocycles. The summed E-state index contributed by atoms with van der Waals surface area (Å²) < 4.78 is 0. The number of hydrogen-bond acceptors (Lipinski definition) is 6. The molecule has 0 aliphatic rings. The smallest absolute Gasteiger partial charge is 0.188 e. The maximum atomic E-state index is 5.96. The lowest BCUT2D eigenvalue weighted by Crippen LogP contribution is -1.99. The van der Waals surface area contributed by atoms with Gasteiger partial charge in [-0.05, 0) is 31.9 Å². The van der Waals surface area contributed by atoms with E-state index in [-0.39, 0.29) is 0 Å². The molecule has 128 valence electrons. The van der Waals surface area contributed by atoms with E-state index >= 15 is 0 Å². The molecule has 0 amide bonds. The first-order chi connectivity index (χ1) is 11.9. The number of aromatic nitrogens is 3. The van der Waals surface area contributed by atoms with Crippen LogP contribution in [0, 0.1) is 20.8 Å². The fourth-order valence-corrected chi connectivity index (χ4v) is 3.38. The van der Waals surface area contributed by atoms with Crippen LogP contribution < -0.4 is 10.6 Å². The highest BCUT2D eigenvalue weighted by atomic mass is 35.5. The van der Waals surface area contributed by atoms with Crippen LogP contribution >= 0.6 is 22.9 Å². The van der Waals surface area contributed by atoms with Crippen LogP contribution in [-0.2, 0) is 0 Å². The Morgan fingerprint density at radius 1 is 1.16 bits per heavy atom. The minimum Gasteiger partial charge on any atom is -0.354 e. The van der Waals surface area contributed by atoms with E-state index in [0.717, 1.165) is 16.3 Å². The lowest BCUT2D eigenvalue weighted by molar-refractivity contribution is 1.06. The van der Waals surface area contributed by atoms with E-state index in [0.29, 0.717) is 21.9 Å². The van der Waals surface area contributed by atoms with Gasteiger partial charge in [-0.2, -0.15) is 0 Å². The minimum atomic E-state index is 0.396. The van der Waals surface area contributed by atoms with Crippen molar-refractivity contribution >= 4 is 45.3 Å². The molecule has 0 spiro atoms. The molecule has 0 saturated heterocycles. The topological polar surface area (TPSA) is 62.7 Å². The molecule has 0 aliphatic carbocycles. The maximum Gasteiger partial charge on any atom is 0.188 e. The summed E-state index contributed by atoms with van der Waals surface area (Å²) in [5, 5.41) is 7.65. The van der Waals surface area contributed by atoms with Crippen molar-refractivity contribution in [2.24, 2.45) is 0 Å². The number of aryl methyl sites for hydroxylation is 3. The molecular weight excluding hydrogens is 354 g/mol. The van der Waals surface area contributed by atoms with Crippen molar-refractivity contribution in [3.05, 3.63) is 64.0 Å². The number of para-hydroxylation sites is 1. The Morgan fingerprint density at radius 3 is 2.56 bits per heavy atom. The van der Waals surface area contributed by atoms with Crippen molar-refractivity contribution in [1.29, 1.82) is 0 Å². The molecule has 0 radical (unpaired) electrons. The van der Waals surface area contributed by atoms with Gasteiger partial charge in [-0.25, -0.2) is 15.0 Å². The summed E-state index contributed by atoms with van der Waals surface area (Å²) in [7, 11) is 0. The van der Waals surface area contributed by atoms with Gasteiger partial charge in [-0.3, -0.25) is 0 Å². The first-order valence-corrected chi connectivity index (χ1v) is 8.88. The normalized spacial score (nSPS) is 10.6. The van der Waals surface area contributed by atoms with Crippen LogP contribution in [0.5, 0.6) is 0 Å². The fourth-order valence-electron chi connectivity index (χ4n) is 2.40. The van der Waals surface area contributed by atoms with Gasteiger partial charge in [0.05, 0.1) is 10.6 Å². The predicted octanol–water partition coefficient (Wildman–Crippen LogP) is 5.34. The number of rotatable bonds is 5. The monoisotopic (exact) mass is 371 g/mol. The van der Waals surface area contributed by atoms with Gasteiger partial charge in [0.15, 0.2) is 5.13 Å². The molecule has 1 aromatic carbocycles. The van der Waals surface area contributed by atoms with E-state index in [1.54, 1.807) is 19.2 Å².